The van der Waals surface area contributed by atoms with Crippen molar-refractivity contribution in [3.8, 4) is 0 Å². The zero-order chi connectivity index (χ0) is 15.6. The molecule has 112 valence electrons. The Morgan fingerprint density at radius 3 is 2.43 bits per heavy atom. The summed E-state index contributed by atoms with van der Waals surface area (Å²) in [5, 5.41) is 31.0. The van der Waals surface area contributed by atoms with Crippen LogP contribution < -0.4 is 0 Å². The first-order chi connectivity index (χ1) is 9.86. The molecule has 0 radical (unpaired) electrons. The van der Waals surface area contributed by atoms with E-state index in [9.17, 15) is 25.3 Å². The number of aliphatic hydroxyl groups excluding tert-OH is 1. The molecule has 0 aromatic carbocycles. The summed E-state index contributed by atoms with van der Waals surface area (Å²) in [6, 6.07) is 0. The predicted molar refractivity (Wildman–Crippen MR) is 68.5 cm³/mol. The largest absolute Gasteiger partial charge is 0.389 e. The molecule has 1 unspecified atom stereocenters. The lowest BCUT2D eigenvalue weighted by Gasteiger charge is -2.10. The van der Waals surface area contributed by atoms with Crippen LogP contribution in [0.3, 0.4) is 0 Å². The molecular formula is C10H12N6O5. The zero-order valence-corrected chi connectivity index (χ0v) is 11.0. The van der Waals surface area contributed by atoms with Gasteiger partial charge in [-0.15, -0.1) is 0 Å². The molecule has 2 heterocycles. The molecule has 1 N–H and O–H groups in total. The van der Waals surface area contributed by atoms with Gasteiger partial charge >= 0.3 is 11.6 Å². The fourth-order valence-electron chi connectivity index (χ4n) is 1.84. The fourth-order valence-corrected chi connectivity index (χ4v) is 1.84. The summed E-state index contributed by atoms with van der Waals surface area (Å²) in [5.41, 5.74) is 0. The molecule has 2 aromatic heterocycles. The molecule has 11 heteroatoms. The maximum absolute atomic E-state index is 10.6. The number of nitrogens with zero attached hydrogens (tertiary/aromatic N) is 6. The topological polar surface area (TPSA) is 142 Å². The molecule has 0 saturated carbocycles. The Balaban J connectivity index is 2.02. The standard InChI is InChI=1S/C10H12N6O5/c1-7-12-10(16(20)21)5-14(7)3-8(17)2-13-4-9(11-6-13)15(18)19/h4-6,8,17H,2-3H2,1H3. The fraction of sp³-hybridized carbons (Fsp3) is 0.400. The predicted octanol–water partition coefficient (Wildman–Crippen LogP) is 0.266. The van der Waals surface area contributed by atoms with E-state index in [1.54, 1.807) is 6.92 Å². The van der Waals surface area contributed by atoms with Gasteiger partial charge < -0.3 is 34.5 Å². The molecule has 2 aromatic rings. The molecule has 0 fully saturated rings. The van der Waals surface area contributed by atoms with E-state index in [1.807, 2.05) is 0 Å². The summed E-state index contributed by atoms with van der Waals surface area (Å²) in [6.45, 7) is 1.74. The van der Waals surface area contributed by atoms with Crippen molar-refractivity contribution in [2.24, 2.45) is 0 Å². The SMILES string of the molecule is Cc1nc([N+](=O)[O-])cn1CC(O)Cn1cnc([N+](=O)[O-])c1. The van der Waals surface area contributed by atoms with Crippen LogP contribution >= 0.6 is 0 Å². The minimum atomic E-state index is -0.897. The van der Waals surface area contributed by atoms with Crippen LogP contribution in [0.1, 0.15) is 5.82 Å². The van der Waals surface area contributed by atoms with Gasteiger partial charge in [0.25, 0.3) is 0 Å². The number of aryl methyl sites for hydroxylation is 1. The second-order valence-electron chi connectivity index (χ2n) is 4.40. The third kappa shape index (κ3) is 3.39. The average molecular weight is 296 g/mol. The van der Waals surface area contributed by atoms with Gasteiger partial charge in [-0.1, -0.05) is 0 Å². The number of nitro groups is 2. The number of aromatic nitrogens is 4. The van der Waals surface area contributed by atoms with Crippen LogP contribution in [0.4, 0.5) is 11.6 Å². The van der Waals surface area contributed by atoms with E-state index in [-0.39, 0.29) is 24.7 Å². The Morgan fingerprint density at radius 1 is 1.24 bits per heavy atom. The van der Waals surface area contributed by atoms with Gasteiger partial charge in [-0.05, 0) is 19.8 Å². The molecule has 0 aliphatic carbocycles. The van der Waals surface area contributed by atoms with Crippen molar-refractivity contribution in [2.75, 3.05) is 0 Å². The lowest BCUT2D eigenvalue weighted by atomic mass is 10.3. The molecule has 21 heavy (non-hydrogen) atoms. The second kappa shape index (κ2) is 5.66. The maximum atomic E-state index is 10.6. The van der Waals surface area contributed by atoms with Crippen LogP contribution in [-0.2, 0) is 13.1 Å². The minimum Gasteiger partial charge on any atom is -0.389 e. The second-order valence-corrected chi connectivity index (χ2v) is 4.40. The Morgan fingerprint density at radius 2 is 1.90 bits per heavy atom. The number of imidazole rings is 2. The summed E-state index contributed by atoms with van der Waals surface area (Å²) < 4.78 is 2.83. The smallest absolute Gasteiger partial charge is 0.381 e. The van der Waals surface area contributed by atoms with Crippen LogP contribution in [0.5, 0.6) is 0 Å². The zero-order valence-electron chi connectivity index (χ0n) is 11.0. The van der Waals surface area contributed by atoms with Gasteiger partial charge in [0.2, 0.25) is 12.2 Å². The van der Waals surface area contributed by atoms with Crippen LogP contribution in [0.25, 0.3) is 0 Å². The Hall–Kier alpha value is -2.82. The van der Waals surface area contributed by atoms with Gasteiger partial charge in [0.05, 0.1) is 19.2 Å². The quantitative estimate of drug-likeness (QED) is 0.595. The highest BCUT2D eigenvalue weighted by Gasteiger charge is 2.18. The van der Waals surface area contributed by atoms with Gasteiger partial charge in [-0.3, -0.25) is 0 Å². The summed E-state index contributed by atoms with van der Waals surface area (Å²) in [5.74, 6) is -0.202. The average Bonchev–Trinajstić information content (AvgIpc) is 2.97. The van der Waals surface area contributed by atoms with Crippen LogP contribution in [0.15, 0.2) is 18.7 Å². The Kier molecular flexibility index (Phi) is 3.93. The van der Waals surface area contributed by atoms with E-state index in [4.69, 9.17) is 0 Å². The van der Waals surface area contributed by atoms with Crippen molar-refractivity contribution in [1.29, 1.82) is 0 Å². The lowest BCUT2D eigenvalue weighted by molar-refractivity contribution is -0.389. The molecule has 2 rings (SSSR count). The van der Waals surface area contributed by atoms with Crippen LogP contribution in [0, 0.1) is 27.2 Å². The first kappa shape index (κ1) is 14.6. The maximum Gasteiger partial charge on any atom is 0.381 e. The van der Waals surface area contributed by atoms with Crippen molar-refractivity contribution in [3.05, 3.63) is 44.8 Å². The van der Waals surface area contributed by atoms with Crippen LogP contribution in [-0.4, -0.2) is 40.2 Å². The molecule has 0 saturated heterocycles. The first-order valence-electron chi connectivity index (χ1n) is 5.89. The van der Waals surface area contributed by atoms with E-state index in [2.05, 4.69) is 9.97 Å². The summed E-state index contributed by atoms with van der Waals surface area (Å²) in [6.07, 6.45) is 2.78. The van der Waals surface area contributed by atoms with Crippen molar-refractivity contribution in [2.45, 2.75) is 26.1 Å². The molecule has 11 nitrogen and oxygen atoms in total. The minimum absolute atomic E-state index is 0.0757. The summed E-state index contributed by atoms with van der Waals surface area (Å²) >= 11 is 0. The highest BCUT2D eigenvalue weighted by atomic mass is 16.6. The van der Waals surface area contributed by atoms with E-state index in [0.29, 0.717) is 5.82 Å². The molecule has 0 bridgehead atoms. The monoisotopic (exact) mass is 296 g/mol. The van der Waals surface area contributed by atoms with Crippen LogP contribution in [0.2, 0.25) is 0 Å². The van der Waals surface area contributed by atoms with E-state index in [1.165, 1.54) is 27.9 Å². The highest BCUT2D eigenvalue weighted by Crippen LogP contribution is 2.12. The highest BCUT2D eigenvalue weighted by molar-refractivity contribution is 5.16. The number of hydrogen-bond donors (Lipinski definition) is 1. The number of aliphatic hydroxyl groups is 1. The van der Waals surface area contributed by atoms with Gasteiger partial charge in [0, 0.05) is 6.92 Å². The van der Waals surface area contributed by atoms with Gasteiger partial charge in [0.15, 0.2) is 0 Å². The third-order valence-corrected chi connectivity index (χ3v) is 2.79. The van der Waals surface area contributed by atoms with Crippen molar-refractivity contribution in [1.82, 2.24) is 19.1 Å². The Bertz CT molecular complexity index is 677. The van der Waals surface area contributed by atoms with E-state index < -0.39 is 16.0 Å². The lowest BCUT2D eigenvalue weighted by Crippen LogP contribution is -2.21. The molecule has 0 amide bonds. The van der Waals surface area contributed by atoms with Crippen molar-refractivity contribution < 1.29 is 15.0 Å². The van der Waals surface area contributed by atoms with Crippen molar-refractivity contribution >= 4 is 11.6 Å². The van der Waals surface area contributed by atoms with Gasteiger partial charge in [-0.25, -0.2) is 0 Å². The normalized spacial score (nSPS) is 12.3. The van der Waals surface area contributed by atoms with E-state index in [0.717, 1.165) is 0 Å². The number of rotatable bonds is 6. The molecule has 0 spiro atoms. The van der Waals surface area contributed by atoms with E-state index >= 15 is 0 Å². The molecular weight excluding hydrogens is 284 g/mol. The molecule has 0 aliphatic rings. The number of hydrogen-bond acceptors (Lipinski definition) is 7. The Labute approximate surface area is 117 Å². The van der Waals surface area contributed by atoms with Crippen molar-refractivity contribution in [3.63, 3.8) is 0 Å². The van der Waals surface area contributed by atoms with Gasteiger partial charge in [0.1, 0.15) is 12.4 Å². The summed E-state index contributed by atoms with van der Waals surface area (Å²) in [7, 11) is 0. The third-order valence-electron chi connectivity index (χ3n) is 2.79. The first-order valence-corrected chi connectivity index (χ1v) is 5.89. The summed E-state index contributed by atoms with van der Waals surface area (Å²) in [4.78, 5) is 27.2. The molecule has 1 atom stereocenters. The molecule has 0 aliphatic heterocycles. The van der Waals surface area contributed by atoms with Gasteiger partial charge in [-0.2, -0.15) is 0 Å².